The fraction of sp³-hybridized carbons (Fsp3) is 0.240. The molecule has 8 heteroatoms. The third-order valence-corrected chi connectivity index (χ3v) is 6.24. The summed E-state index contributed by atoms with van der Waals surface area (Å²) in [4.78, 5) is 12.0. The van der Waals surface area contributed by atoms with E-state index < -0.39 is 34.9 Å². The molecule has 172 valence electrons. The zero-order valence-electron chi connectivity index (χ0n) is 17.1. The van der Waals surface area contributed by atoms with Gasteiger partial charge < -0.3 is 5.11 Å². The van der Waals surface area contributed by atoms with Crippen molar-refractivity contribution < 1.29 is 36.2 Å². The van der Waals surface area contributed by atoms with Crippen LogP contribution in [0.3, 0.4) is 0 Å². The van der Waals surface area contributed by atoms with Crippen LogP contribution in [0.2, 0.25) is 0 Å². The Labute approximate surface area is 185 Å². The molecular weight excluding hydrogens is 446 g/mol. The Kier molecular flexibility index (Phi) is 5.50. The summed E-state index contributed by atoms with van der Waals surface area (Å²) in [5, 5.41) is 9.79. The summed E-state index contributed by atoms with van der Waals surface area (Å²) < 4.78 is 77.9. The van der Waals surface area contributed by atoms with Gasteiger partial charge >= 0.3 is 18.3 Å². The molecule has 2 nitrogen and oxygen atoms in total. The first kappa shape index (κ1) is 22.9. The van der Waals surface area contributed by atoms with E-state index in [0.29, 0.717) is 40.7 Å². The van der Waals surface area contributed by atoms with Gasteiger partial charge in [-0.15, -0.1) is 0 Å². The Morgan fingerprint density at radius 1 is 0.697 bits per heavy atom. The summed E-state index contributed by atoms with van der Waals surface area (Å²) in [6.07, 6.45) is -7.40. The average Bonchev–Trinajstić information content (AvgIpc) is 2.71. The molecule has 0 atom stereocenters. The van der Waals surface area contributed by atoms with Crippen molar-refractivity contribution in [2.45, 2.75) is 37.0 Å². The second-order valence-electron chi connectivity index (χ2n) is 8.15. The van der Waals surface area contributed by atoms with Crippen LogP contribution in [0.5, 0.6) is 0 Å². The third-order valence-electron chi connectivity index (χ3n) is 6.24. The molecule has 4 rings (SSSR count). The SMILES string of the molecule is O=C(O)C1(c2ccc(-c3ccc(C(F)(F)F)cc3)c(-c3ccc(C(F)(F)F)cc3)c2)CCC1. The lowest BCUT2D eigenvalue weighted by Crippen LogP contribution is -2.42. The zero-order valence-corrected chi connectivity index (χ0v) is 17.1. The first-order valence-corrected chi connectivity index (χ1v) is 10.1. The maximum Gasteiger partial charge on any atom is 0.416 e. The minimum atomic E-state index is -4.52. The van der Waals surface area contributed by atoms with E-state index in [1.807, 2.05) is 0 Å². The normalized spacial score (nSPS) is 15.7. The van der Waals surface area contributed by atoms with E-state index in [0.717, 1.165) is 30.7 Å². The van der Waals surface area contributed by atoms with Crippen LogP contribution < -0.4 is 0 Å². The summed E-state index contributed by atoms with van der Waals surface area (Å²) in [5.74, 6) is -0.977. The topological polar surface area (TPSA) is 37.3 Å². The van der Waals surface area contributed by atoms with Crippen LogP contribution in [0.4, 0.5) is 26.3 Å². The summed E-state index contributed by atoms with van der Waals surface area (Å²) in [6, 6.07) is 13.8. The van der Waals surface area contributed by atoms with Crippen molar-refractivity contribution in [3.05, 3.63) is 83.4 Å². The molecule has 3 aromatic carbocycles. The molecule has 0 radical (unpaired) electrons. The Morgan fingerprint density at radius 2 is 1.15 bits per heavy atom. The first-order valence-electron chi connectivity index (χ1n) is 10.1. The summed E-state index contributed by atoms with van der Waals surface area (Å²) in [6.45, 7) is 0. The smallest absolute Gasteiger partial charge is 0.416 e. The number of aliphatic carboxylic acids is 1. The van der Waals surface area contributed by atoms with E-state index in [4.69, 9.17) is 0 Å². The molecule has 33 heavy (non-hydrogen) atoms. The van der Waals surface area contributed by atoms with Crippen molar-refractivity contribution in [3.63, 3.8) is 0 Å². The van der Waals surface area contributed by atoms with Gasteiger partial charge in [0.25, 0.3) is 0 Å². The highest BCUT2D eigenvalue weighted by molar-refractivity contribution is 5.88. The standard InChI is InChI=1S/C25H18F6O2/c26-24(27,28)17-6-2-15(3-7-17)20-11-10-19(23(22(32)33)12-1-13-23)14-21(20)16-4-8-18(9-5-16)25(29,30)31/h2-11,14H,1,12-13H2,(H,32,33). The van der Waals surface area contributed by atoms with Crippen molar-refractivity contribution in [1.82, 2.24) is 0 Å². The quantitative estimate of drug-likeness (QED) is 0.405. The van der Waals surface area contributed by atoms with Crippen LogP contribution in [0, 0.1) is 0 Å². The van der Waals surface area contributed by atoms with Gasteiger partial charge in [0.15, 0.2) is 0 Å². The highest BCUT2D eigenvalue weighted by Gasteiger charge is 2.46. The number of carbonyl (C=O) groups is 1. The van der Waals surface area contributed by atoms with Crippen LogP contribution in [0.1, 0.15) is 36.0 Å². The number of benzene rings is 3. The molecule has 0 aliphatic heterocycles. The first-order chi connectivity index (χ1) is 15.4. The molecule has 3 aromatic rings. The van der Waals surface area contributed by atoms with Crippen LogP contribution >= 0.6 is 0 Å². The molecule has 0 spiro atoms. The number of rotatable bonds is 4. The number of hydrogen-bond donors (Lipinski definition) is 1. The van der Waals surface area contributed by atoms with Crippen molar-refractivity contribution >= 4 is 5.97 Å². The fourth-order valence-electron chi connectivity index (χ4n) is 4.17. The Balaban J connectivity index is 1.85. The monoisotopic (exact) mass is 464 g/mol. The number of halogens is 6. The molecule has 1 aliphatic carbocycles. The van der Waals surface area contributed by atoms with Crippen molar-refractivity contribution in [3.8, 4) is 22.3 Å². The number of carboxylic acid groups (broad SMARTS) is 1. The van der Waals surface area contributed by atoms with Gasteiger partial charge in [0.05, 0.1) is 16.5 Å². The Hall–Kier alpha value is -3.29. The van der Waals surface area contributed by atoms with Crippen LogP contribution in [-0.2, 0) is 22.6 Å². The number of hydrogen-bond acceptors (Lipinski definition) is 1. The Morgan fingerprint density at radius 3 is 1.52 bits per heavy atom. The molecule has 0 amide bonds. The van der Waals surface area contributed by atoms with Crippen molar-refractivity contribution in [2.24, 2.45) is 0 Å². The minimum absolute atomic E-state index is 0.402. The van der Waals surface area contributed by atoms with Crippen LogP contribution in [0.15, 0.2) is 66.7 Å². The highest BCUT2D eigenvalue weighted by Crippen LogP contribution is 2.46. The number of carboxylic acids is 1. The molecule has 1 saturated carbocycles. The van der Waals surface area contributed by atoms with Gasteiger partial charge in [0, 0.05) is 0 Å². The van der Waals surface area contributed by atoms with Crippen LogP contribution in [-0.4, -0.2) is 11.1 Å². The molecule has 0 saturated heterocycles. The van der Waals surface area contributed by atoms with Gasteiger partial charge in [-0.25, -0.2) is 0 Å². The van der Waals surface area contributed by atoms with E-state index in [1.165, 1.54) is 24.3 Å². The molecule has 0 unspecified atom stereocenters. The molecule has 1 fully saturated rings. The average molecular weight is 464 g/mol. The van der Waals surface area contributed by atoms with E-state index in [2.05, 4.69) is 0 Å². The van der Waals surface area contributed by atoms with E-state index in [9.17, 15) is 36.2 Å². The lowest BCUT2D eigenvalue weighted by Gasteiger charge is -2.38. The van der Waals surface area contributed by atoms with E-state index >= 15 is 0 Å². The molecule has 1 N–H and O–H groups in total. The molecule has 0 aromatic heterocycles. The van der Waals surface area contributed by atoms with E-state index in [1.54, 1.807) is 18.2 Å². The highest BCUT2D eigenvalue weighted by atomic mass is 19.4. The summed E-state index contributed by atoms with van der Waals surface area (Å²) in [5.41, 5.74) is -0.425. The van der Waals surface area contributed by atoms with Crippen LogP contribution in [0.25, 0.3) is 22.3 Å². The molecular formula is C25H18F6O2. The molecule has 0 heterocycles. The zero-order chi connectivity index (χ0) is 24.0. The van der Waals surface area contributed by atoms with Gasteiger partial charge in [-0.3, -0.25) is 4.79 Å². The third kappa shape index (κ3) is 4.21. The van der Waals surface area contributed by atoms with Crippen molar-refractivity contribution in [1.29, 1.82) is 0 Å². The second kappa shape index (κ2) is 7.93. The van der Waals surface area contributed by atoms with E-state index in [-0.39, 0.29) is 0 Å². The maximum absolute atomic E-state index is 13.0. The summed E-state index contributed by atoms with van der Waals surface area (Å²) >= 11 is 0. The van der Waals surface area contributed by atoms with Gasteiger partial charge in [-0.1, -0.05) is 42.8 Å². The lowest BCUT2D eigenvalue weighted by atomic mass is 9.64. The summed E-state index contributed by atoms with van der Waals surface area (Å²) in [7, 11) is 0. The van der Waals surface area contributed by atoms with Gasteiger partial charge in [0.2, 0.25) is 0 Å². The second-order valence-corrected chi connectivity index (χ2v) is 8.15. The predicted octanol–water partition coefficient (Wildman–Crippen LogP) is 7.56. The lowest BCUT2D eigenvalue weighted by molar-refractivity contribution is -0.147. The van der Waals surface area contributed by atoms with Crippen molar-refractivity contribution in [2.75, 3.05) is 0 Å². The van der Waals surface area contributed by atoms with Gasteiger partial charge in [0.1, 0.15) is 0 Å². The Bertz CT molecular complexity index is 1170. The molecule has 0 bridgehead atoms. The molecule has 1 aliphatic rings. The largest absolute Gasteiger partial charge is 0.481 e. The predicted molar refractivity (Wildman–Crippen MR) is 110 cm³/mol. The number of alkyl halides is 6. The maximum atomic E-state index is 13.0. The van der Waals surface area contributed by atoms with Gasteiger partial charge in [-0.05, 0) is 71.0 Å². The minimum Gasteiger partial charge on any atom is -0.481 e. The fourth-order valence-corrected chi connectivity index (χ4v) is 4.17. The van der Waals surface area contributed by atoms with Gasteiger partial charge in [-0.2, -0.15) is 26.3 Å².